The quantitative estimate of drug-likeness (QED) is 0.767. The largest absolute Gasteiger partial charge is 0.385 e. The third kappa shape index (κ3) is 4.98. The molecule has 1 heterocycles. The van der Waals surface area contributed by atoms with Crippen molar-refractivity contribution in [2.24, 2.45) is 0 Å². The van der Waals surface area contributed by atoms with E-state index in [1.807, 2.05) is 0 Å². The fraction of sp³-hybridized carbons (Fsp3) is 0.267. The van der Waals surface area contributed by atoms with E-state index in [1.54, 1.807) is 43.5 Å². The predicted octanol–water partition coefficient (Wildman–Crippen LogP) is 2.83. The van der Waals surface area contributed by atoms with E-state index in [2.05, 4.69) is 20.8 Å². The highest BCUT2D eigenvalue weighted by Gasteiger charge is 2.08. The monoisotopic (exact) mass is 320 g/mol. The summed E-state index contributed by atoms with van der Waals surface area (Å²) in [6, 6.07) is 10.2. The molecule has 6 nitrogen and oxygen atoms in total. The fourth-order valence-electron chi connectivity index (χ4n) is 1.71. The van der Waals surface area contributed by atoms with Gasteiger partial charge in [-0.25, -0.2) is 0 Å². The molecule has 2 aromatic rings. The van der Waals surface area contributed by atoms with E-state index in [9.17, 15) is 4.79 Å². The number of hydrogen-bond donors (Lipinski definition) is 2. The van der Waals surface area contributed by atoms with Gasteiger partial charge in [-0.2, -0.15) is 0 Å². The number of ether oxygens (including phenoxy) is 1. The lowest BCUT2D eigenvalue weighted by atomic mass is 10.3. The average molecular weight is 321 g/mol. The number of nitrogens with zero attached hydrogens (tertiary/aromatic N) is 2. The highest BCUT2D eigenvalue weighted by atomic mass is 35.5. The SMILES string of the molecule is COCCCNc1ccc(C(=O)Nc2ccc(Cl)cc2)nn1. The summed E-state index contributed by atoms with van der Waals surface area (Å²) in [6.07, 6.45) is 0.872. The zero-order chi connectivity index (χ0) is 15.8. The van der Waals surface area contributed by atoms with Gasteiger partial charge in [-0.1, -0.05) is 11.6 Å². The van der Waals surface area contributed by atoms with Gasteiger partial charge in [0.05, 0.1) is 0 Å². The molecule has 0 saturated carbocycles. The van der Waals surface area contributed by atoms with E-state index < -0.39 is 0 Å². The fourth-order valence-corrected chi connectivity index (χ4v) is 1.83. The third-order valence-corrected chi connectivity index (χ3v) is 3.08. The topological polar surface area (TPSA) is 76.1 Å². The van der Waals surface area contributed by atoms with Crippen LogP contribution in [0.25, 0.3) is 0 Å². The zero-order valence-electron chi connectivity index (χ0n) is 12.2. The lowest BCUT2D eigenvalue weighted by Gasteiger charge is -2.06. The van der Waals surface area contributed by atoms with Crippen molar-refractivity contribution >= 4 is 29.0 Å². The molecule has 0 unspecified atom stereocenters. The second-order valence-corrected chi connectivity index (χ2v) is 4.97. The summed E-state index contributed by atoms with van der Waals surface area (Å²) in [5.74, 6) is 0.305. The second kappa shape index (κ2) is 8.31. The van der Waals surface area contributed by atoms with Crippen LogP contribution in [0.1, 0.15) is 16.9 Å². The minimum atomic E-state index is -0.319. The van der Waals surface area contributed by atoms with Crippen LogP contribution in [0, 0.1) is 0 Å². The van der Waals surface area contributed by atoms with E-state index in [0.29, 0.717) is 23.1 Å². The van der Waals surface area contributed by atoms with E-state index in [0.717, 1.165) is 13.0 Å². The van der Waals surface area contributed by atoms with E-state index in [-0.39, 0.29) is 11.6 Å². The Morgan fingerprint density at radius 3 is 2.59 bits per heavy atom. The Labute approximate surface area is 133 Å². The summed E-state index contributed by atoms with van der Waals surface area (Å²) in [7, 11) is 1.66. The van der Waals surface area contributed by atoms with Crippen molar-refractivity contribution in [1.29, 1.82) is 0 Å². The number of halogens is 1. The van der Waals surface area contributed by atoms with Crippen molar-refractivity contribution < 1.29 is 9.53 Å². The molecule has 1 aromatic carbocycles. The van der Waals surface area contributed by atoms with Gasteiger partial charge in [0.25, 0.3) is 5.91 Å². The third-order valence-electron chi connectivity index (χ3n) is 2.83. The average Bonchev–Trinajstić information content (AvgIpc) is 2.54. The Bertz CT molecular complexity index is 602. The number of aromatic nitrogens is 2. The molecule has 1 amide bonds. The number of rotatable bonds is 7. The molecule has 22 heavy (non-hydrogen) atoms. The molecule has 116 valence electrons. The molecule has 0 spiro atoms. The highest BCUT2D eigenvalue weighted by Crippen LogP contribution is 2.14. The van der Waals surface area contributed by atoms with Crippen LogP contribution < -0.4 is 10.6 Å². The van der Waals surface area contributed by atoms with Crippen LogP contribution in [-0.2, 0) is 4.74 Å². The van der Waals surface area contributed by atoms with E-state index in [4.69, 9.17) is 16.3 Å². The molecule has 0 radical (unpaired) electrons. The first-order valence-corrected chi connectivity index (χ1v) is 7.20. The molecule has 0 aliphatic rings. The molecule has 0 fully saturated rings. The molecule has 2 N–H and O–H groups in total. The van der Waals surface area contributed by atoms with Crippen molar-refractivity contribution in [3.63, 3.8) is 0 Å². The van der Waals surface area contributed by atoms with Gasteiger partial charge in [0, 0.05) is 31.0 Å². The zero-order valence-corrected chi connectivity index (χ0v) is 12.9. The number of hydrogen-bond acceptors (Lipinski definition) is 5. The Kier molecular flexibility index (Phi) is 6.12. The van der Waals surface area contributed by atoms with Crippen molar-refractivity contribution in [3.05, 3.63) is 47.1 Å². The number of anilines is 2. The molecule has 0 aliphatic heterocycles. The minimum absolute atomic E-state index is 0.248. The van der Waals surface area contributed by atoms with Crippen LogP contribution in [0.4, 0.5) is 11.5 Å². The predicted molar refractivity (Wildman–Crippen MR) is 86.4 cm³/mol. The summed E-state index contributed by atoms with van der Waals surface area (Å²) < 4.78 is 4.96. The number of nitrogens with one attached hydrogen (secondary N) is 2. The number of carbonyl (C=O) groups is 1. The summed E-state index contributed by atoms with van der Waals surface area (Å²) in [4.78, 5) is 12.0. The maximum Gasteiger partial charge on any atom is 0.276 e. The van der Waals surface area contributed by atoms with Gasteiger partial charge in [0.1, 0.15) is 5.82 Å². The summed E-state index contributed by atoms with van der Waals surface area (Å²) in [5, 5.41) is 14.3. The number of benzene rings is 1. The number of carbonyl (C=O) groups excluding carboxylic acids is 1. The van der Waals surface area contributed by atoms with Gasteiger partial charge in [-0.3, -0.25) is 4.79 Å². The van der Waals surface area contributed by atoms with Gasteiger partial charge >= 0.3 is 0 Å². The van der Waals surface area contributed by atoms with Crippen LogP contribution in [0.15, 0.2) is 36.4 Å². The standard InChI is InChI=1S/C15H17ClN4O2/c1-22-10-2-9-17-14-8-7-13(19-20-14)15(21)18-12-5-3-11(16)4-6-12/h3-8H,2,9-10H2,1H3,(H,17,20)(H,18,21). The molecular formula is C15H17ClN4O2. The number of amides is 1. The van der Waals surface area contributed by atoms with Crippen molar-refractivity contribution in [2.75, 3.05) is 30.9 Å². The molecular weight excluding hydrogens is 304 g/mol. The maximum atomic E-state index is 12.0. The lowest BCUT2D eigenvalue weighted by Crippen LogP contribution is -2.15. The van der Waals surface area contributed by atoms with Crippen LogP contribution in [-0.4, -0.2) is 36.4 Å². The lowest BCUT2D eigenvalue weighted by molar-refractivity contribution is 0.102. The molecule has 2 rings (SSSR count). The molecule has 7 heteroatoms. The van der Waals surface area contributed by atoms with Gasteiger partial charge in [-0.05, 0) is 42.8 Å². The Morgan fingerprint density at radius 2 is 1.95 bits per heavy atom. The minimum Gasteiger partial charge on any atom is -0.385 e. The van der Waals surface area contributed by atoms with Gasteiger partial charge in [0.15, 0.2) is 5.69 Å². The first-order chi connectivity index (χ1) is 10.7. The van der Waals surface area contributed by atoms with Crippen molar-refractivity contribution in [1.82, 2.24) is 10.2 Å². The summed E-state index contributed by atoms with van der Waals surface area (Å²) >= 11 is 5.79. The smallest absolute Gasteiger partial charge is 0.276 e. The first kappa shape index (κ1) is 16.2. The van der Waals surface area contributed by atoms with E-state index >= 15 is 0 Å². The van der Waals surface area contributed by atoms with Gasteiger partial charge < -0.3 is 15.4 Å². The van der Waals surface area contributed by atoms with Crippen LogP contribution in [0.3, 0.4) is 0 Å². The normalized spacial score (nSPS) is 10.3. The summed E-state index contributed by atoms with van der Waals surface area (Å²) in [6.45, 7) is 1.42. The van der Waals surface area contributed by atoms with Crippen LogP contribution in [0.2, 0.25) is 5.02 Å². The van der Waals surface area contributed by atoms with Gasteiger partial charge in [-0.15, -0.1) is 10.2 Å². The molecule has 0 atom stereocenters. The molecule has 0 aliphatic carbocycles. The Balaban J connectivity index is 1.89. The van der Waals surface area contributed by atoms with Crippen molar-refractivity contribution in [2.45, 2.75) is 6.42 Å². The van der Waals surface area contributed by atoms with Crippen molar-refractivity contribution in [3.8, 4) is 0 Å². The molecule has 0 saturated heterocycles. The Morgan fingerprint density at radius 1 is 1.18 bits per heavy atom. The number of methoxy groups -OCH3 is 1. The molecule has 0 bridgehead atoms. The van der Waals surface area contributed by atoms with Crippen LogP contribution in [0.5, 0.6) is 0 Å². The van der Waals surface area contributed by atoms with Crippen LogP contribution >= 0.6 is 11.6 Å². The van der Waals surface area contributed by atoms with E-state index in [1.165, 1.54) is 0 Å². The molecule has 1 aromatic heterocycles. The maximum absolute atomic E-state index is 12.0. The van der Waals surface area contributed by atoms with Gasteiger partial charge in [0.2, 0.25) is 0 Å². The second-order valence-electron chi connectivity index (χ2n) is 4.54. The Hall–Kier alpha value is -2.18. The first-order valence-electron chi connectivity index (χ1n) is 6.82. The highest BCUT2D eigenvalue weighted by molar-refractivity contribution is 6.30. The summed E-state index contributed by atoms with van der Waals surface area (Å²) in [5.41, 5.74) is 0.898.